The van der Waals surface area contributed by atoms with E-state index in [1.54, 1.807) is 0 Å². The van der Waals surface area contributed by atoms with Gasteiger partial charge in [-0.3, -0.25) is 9.59 Å². The molecule has 0 aromatic heterocycles. The number of rotatable bonds is 10. The summed E-state index contributed by atoms with van der Waals surface area (Å²) in [5.41, 5.74) is 5.40. The van der Waals surface area contributed by atoms with Gasteiger partial charge < -0.3 is 15.8 Å². The average molecular weight is 338 g/mol. The van der Waals surface area contributed by atoms with Gasteiger partial charge >= 0.3 is 6.18 Å². The van der Waals surface area contributed by atoms with Crippen molar-refractivity contribution in [2.45, 2.75) is 57.2 Å². The number of carbonyl (C=O) groups excluding carboxylic acids is 2. The molecule has 0 aromatic carbocycles. The van der Waals surface area contributed by atoms with Gasteiger partial charge in [-0.25, -0.2) is 0 Å². The van der Waals surface area contributed by atoms with Crippen molar-refractivity contribution in [3.63, 3.8) is 0 Å². The van der Waals surface area contributed by atoms with Gasteiger partial charge in [0.2, 0.25) is 5.91 Å². The number of hydrogen-bond acceptors (Lipinski definition) is 4. The summed E-state index contributed by atoms with van der Waals surface area (Å²) in [5.74, 6) is -0.821. The molecule has 1 aliphatic carbocycles. The SMILES string of the molecule is NCCCC[C@H](NC(=O)C1CCCC1)C(=O)COCC(F)(F)F. The van der Waals surface area contributed by atoms with Crippen molar-refractivity contribution < 1.29 is 27.5 Å². The van der Waals surface area contributed by atoms with Crippen molar-refractivity contribution in [3.05, 3.63) is 0 Å². The summed E-state index contributed by atoms with van der Waals surface area (Å²) in [6, 6.07) is -0.803. The zero-order valence-electron chi connectivity index (χ0n) is 13.2. The number of ketones is 1. The summed E-state index contributed by atoms with van der Waals surface area (Å²) in [4.78, 5) is 24.2. The van der Waals surface area contributed by atoms with Crippen molar-refractivity contribution in [2.75, 3.05) is 19.8 Å². The van der Waals surface area contributed by atoms with Crippen LogP contribution in [0.5, 0.6) is 0 Å². The topological polar surface area (TPSA) is 81.4 Å². The Morgan fingerprint density at radius 1 is 1.22 bits per heavy atom. The highest BCUT2D eigenvalue weighted by Gasteiger charge is 2.30. The third kappa shape index (κ3) is 8.31. The van der Waals surface area contributed by atoms with Gasteiger partial charge in [0.05, 0.1) is 6.04 Å². The van der Waals surface area contributed by atoms with E-state index >= 15 is 0 Å². The van der Waals surface area contributed by atoms with Crippen LogP contribution in [0, 0.1) is 5.92 Å². The molecule has 0 bridgehead atoms. The Morgan fingerprint density at radius 3 is 2.43 bits per heavy atom. The molecule has 0 saturated heterocycles. The molecular formula is C15H25F3N2O3. The Morgan fingerprint density at radius 2 is 1.87 bits per heavy atom. The fourth-order valence-corrected chi connectivity index (χ4v) is 2.65. The second kappa shape index (κ2) is 9.87. The van der Waals surface area contributed by atoms with Gasteiger partial charge in [-0.05, 0) is 38.6 Å². The van der Waals surface area contributed by atoms with E-state index in [1.165, 1.54) is 0 Å². The molecule has 0 radical (unpaired) electrons. The van der Waals surface area contributed by atoms with Crippen LogP contribution in [0.1, 0.15) is 44.9 Å². The van der Waals surface area contributed by atoms with Crippen molar-refractivity contribution >= 4 is 11.7 Å². The van der Waals surface area contributed by atoms with E-state index in [4.69, 9.17) is 5.73 Å². The maximum atomic E-state index is 12.1. The van der Waals surface area contributed by atoms with E-state index in [-0.39, 0.29) is 11.8 Å². The first-order valence-corrected chi connectivity index (χ1v) is 8.01. The first-order chi connectivity index (χ1) is 10.8. The second-order valence-corrected chi connectivity index (χ2v) is 5.90. The minimum Gasteiger partial charge on any atom is -0.364 e. The van der Waals surface area contributed by atoms with Crippen LogP contribution in [0.15, 0.2) is 0 Å². The lowest BCUT2D eigenvalue weighted by Crippen LogP contribution is -2.45. The maximum Gasteiger partial charge on any atom is 0.411 e. The highest BCUT2D eigenvalue weighted by molar-refractivity contribution is 5.90. The van der Waals surface area contributed by atoms with Crippen LogP contribution >= 0.6 is 0 Å². The molecule has 0 heterocycles. The summed E-state index contributed by atoms with van der Waals surface area (Å²) in [5, 5.41) is 2.67. The molecule has 1 fully saturated rings. The normalized spacial score (nSPS) is 17.2. The number of carbonyl (C=O) groups is 2. The summed E-state index contributed by atoms with van der Waals surface area (Å²) >= 11 is 0. The lowest BCUT2D eigenvalue weighted by atomic mass is 10.0. The number of nitrogens with two attached hydrogens (primary N) is 1. The van der Waals surface area contributed by atoms with Gasteiger partial charge in [-0.1, -0.05) is 12.8 Å². The van der Waals surface area contributed by atoms with Crippen LogP contribution in [-0.2, 0) is 14.3 Å². The molecule has 134 valence electrons. The summed E-state index contributed by atoms with van der Waals surface area (Å²) < 4.78 is 40.6. The Labute approximate surface area is 134 Å². The molecule has 8 heteroatoms. The number of alkyl halides is 3. The van der Waals surface area contributed by atoms with Crippen LogP contribution in [0.2, 0.25) is 0 Å². The number of unbranched alkanes of at least 4 members (excludes halogenated alkanes) is 1. The minimum absolute atomic E-state index is 0.101. The standard InChI is InChI=1S/C15H25F3N2O3/c16-15(17,18)10-23-9-13(21)12(7-3-4-8-19)20-14(22)11-5-1-2-6-11/h11-12H,1-10,19H2,(H,20,22)/t12-/m0/s1. The molecule has 1 rings (SSSR count). The molecular weight excluding hydrogens is 313 g/mol. The van der Waals surface area contributed by atoms with Crippen LogP contribution < -0.4 is 11.1 Å². The molecule has 1 aliphatic rings. The quantitative estimate of drug-likeness (QED) is 0.597. The summed E-state index contributed by atoms with van der Waals surface area (Å²) in [6.45, 7) is -1.66. The van der Waals surface area contributed by atoms with Crippen LogP contribution in [0.4, 0.5) is 13.2 Å². The van der Waals surface area contributed by atoms with E-state index in [9.17, 15) is 22.8 Å². The van der Waals surface area contributed by atoms with Gasteiger partial charge in [-0.15, -0.1) is 0 Å². The Bertz CT molecular complexity index is 383. The zero-order valence-corrected chi connectivity index (χ0v) is 13.2. The second-order valence-electron chi connectivity index (χ2n) is 5.90. The molecule has 23 heavy (non-hydrogen) atoms. The van der Waals surface area contributed by atoms with Crippen molar-refractivity contribution in [1.29, 1.82) is 0 Å². The highest BCUT2D eigenvalue weighted by Crippen LogP contribution is 2.25. The lowest BCUT2D eigenvalue weighted by molar-refractivity contribution is -0.175. The molecule has 0 unspecified atom stereocenters. The fraction of sp³-hybridized carbons (Fsp3) is 0.867. The first-order valence-electron chi connectivity index (χ1n) is 8.01. The molecule has 3 N–H and O–H groups in total. The van der Waals surface area contributed by atoms with Gasteiger partial charge in [0, 0.05) is 5.92 Å². The van der Waals surface area contributed by atoms with E-state index < -0.39 is 31.2 Å². The van der Waals surface area contributed by atoms with E-state index in [0.29, 0.717) is 25.8 Å². The molecule has 1 amide bonds. The molecule has 1 saturated carbocycles. The van der Waals surface area contributed by atoms with Crippen LogP contribution in [0.3, 0.4) is 0 Å². The third-order valence-electron chi connectivity index (χ3n) is 3.89. The first kappa shape index (κ1) is 19.9. The van der Waals surface area contributed by atoms with E-state index in [2.05, 4.69) is 10.1 Å². The number of amides is 1. The number of ether oxygens (including phenoxy) is 1. The minimum atomic E-state index is -4.47. The summed E-state index contributed by atoms with van der Waals surface area (Å²) in [6.07, 6.45) is 0.757. The highest BCUT2D eigenvalue weighted by atomic mass is 19.4. The van der Waals surface area contributed by atoms with Gasteiger partial charge in [0.15, 0.2) is 5.78 Å². The Kier molecular flexibility index (Phi) is 8.54. The van der Waals surface area contributed by atoms with Gasteiger partial charge in [0.25, 0.3) is 0 Å². The predicted octanol–water partition coefficient (Wildman–Crippen LogP) is 1.94. The average Bonchev–Trinajstić information content (AvgIpc) is 2.99. The summed E-state index contributed by atoms with van der Waals surface area (Å²) in [7, 11) is 0. The van der Waals surface area contributed by atoms with E-state index in [0.717, 1.165) is 25.7 Å². The predicted molar refractivity (Wildman–Crippen MR) is 78.7 cm³/mol. The fourth-order valence-electron chi connectivity index (χ4n) is 2.65. The number of Topliss-reactive ketones (excluding diaryl/α,β-unsaturated/α-hetero) is 1. The molecule has 0 aromatic rings. The van der Waals surface area contributed by atoms with Crippen LogP contribution in [0.25, 0.3) is 0 Å². The van der Waals surface area contributed by atoms with E-state index in [1.807, 2.05) is 0 Å². The number of nitrogens with one attached hydrogen (secondary N) is 1. The third-order valence-corrected chi connectivity index (χ3v) is 3.89. The Balaban J connectivity index is 2.48. The molecule has 0 aliphatic heterocycles. The van der Waals surface area contributed by atoms with Crippen LogP contribution in [-0.4, -0.2) is 43.7 Å². The van der Waals surface area contributed by atoms with Crippen molar-refractivity contribution in [1.82, 2.24) is 5.32 Å². The zero-order chi connectivity index (χ0) is 17.3. The molecule has 1 atom stereocenters. The largest absolute Gasteiger partial charge is 0.411 e. The Hall–Kier alpha value is -1.15. The molecule has 5 nitrogen and oxygen atoms in total. The maximum absolute atomic E-state index is 12.1. The monoisotopic (exact) mass is 338 g/mol. The lowest BCUT2D eigenvalue weighted by Gasteiger charge is -2.20. The van der Waals surface area contributed by atoms with Gasteiger partial charge in [-0.2, -0.15) is 13.2 Å². The molecule has 0 spiro atoms. The smallest absolute Gasteiger partial charge is 0.364 e. The van der Waals surface area contributed by atoms with Crippen molar-refractivity contribution in [2.24, 2.45) is 11.7 Å². The van der Waals surface area contributed by atoms with Crippen molar-refractivity contribution in [3.8, 4) is 0 Å². The van der Waals surface area contributed by atoms with Gasteiger partial charge in [0.1, 0.15) is 13.2 Å². The number of halogens is 3. The number of hydrogen-bond donors (Lipinski definition) is 2.